The van der Waals surface area contributed by atoms with E-state index in [2.05, 4.69) is 15.5 Å². The number of carboxylic acids is 1. The van der Waals surface area contributed by atoms with Gasteiger partial charge in [-0.25, -0.2) is 0 Å². The first kappa shape index (κ1) is 14.3. The second-order valence-corrected chi connectivity index (χ2v) is 4.88. The van der Waals surface area contributed by atoms with Crippen LogP contribution in [-0.2, 0) is 11.3 Å². The van der Waals surface area contributed by atoms with Crippen LogP contribution in [0.3, 0.4) is 0 Å². The molecule has 0 saturated heterocycles. The lowest BCUT2D eigenvalue weighted by Gasteiger charge is -2.14. The zero-order chi connectivity index (χ0) is 14.5. The monoisotopic (exact) mass is 279 g/mol. The van der Waals surface area contributed by atoms with Crippen LogP contribution >= 0.6 is 0 Å². The summed E-state index contributed by atoms with van der Waals surface area (Å²) in [6.45, 7) is 4.15. The number of carbonyl (C=O) groups is 1. The Kier molecular flexibility index (Phi) is 4.52. The molecule has 1 unspecified atom stereocenters. The van der Waals surface area contributed by atoms with Crippen molar-refractivity contribution in [2.45, 2.75) is 32.9 Å². The van der Waals surface area contributed by atoms with Crippen molar-refractivity contribution in [3.05, 3.63) is 24.3 Å². The molecule has 0 aromatic carbocycles. The highest BCUT2D eigenvalue weighted by molar-refractivity contribution is 5.73. The number of rotatable bonds is 7. The Morgan fingerprint density at radius 3 is 2.85 bits per heavy atom. The highest BCUT2D eigenvalue weighted by Gasteiger charge is 2.19. The predicted molar refractivity (Wildman–Crippen MR) is 69.7 cm³/mol. The smallest absolute Gasteiger partial charge is 0.320 e. The van der Waals surface area contributed by atoms with Gasteiger partial charge in [0.25, 0.3) is 5.89 Å². The second-order valence-electron chi connectivity index (χ2n) is 4.88. The van der Waals surface area contributed by atoms with Crippen LogP contribution in [0.1, 0.15) is 26.2 Å². The molecule has 2 N–H and O–H groups in total. The highest BCUT2D eigenvalue weighted by atomic mass is 16.4. The molecule has 7 nitrogen and oxygen atoms in total. The fraction of sp³-hybridized carbons (Fsp3) is 0.462. The van der Waals surface area contributed by atoms with Crippen molar-refractivity contribution in [3.8, 4) is 11.7 Å². The van der Waals surface area contributed by atoms with E-state index in [4.69, 9.17) is 13.9 Å². The molecule has 108 valence electrons. The maximum absolute atomic E-state index is 11.1. The number of nitrogens with zero attached hydrogens (tertiary/aromatic N) is 2. The molecule has 0 aliphatic carbocycles. The third-order valence-electron chi connectivity index (χ3n) is 2.70. The summed E-state index contributed by atoms with van der Waals surface area (Å²) in [4.78, 5) is 11.1. The van der Waals surface area contributed by atoms with Crippen molar-refractivity contribution in [1.29, 1.82) is 0 Å². The summed E-state index contributed by atoms with van der Waals surface area (Å²) in [5, 5.41) is 19.7. The van der Waals surface area contributed by atoms with E-state index in [1.807, 2.05) is 13.8 Å². The van der Waals surface area contributed by atoms with Crippen molar-refractivity contribution in [2.24, 2.45) is 5.92 Å². The standard InChI is InChI=1S/C13H17N3O4/c1-8(2)6-9(13(17)18)14-7-11-15-16-12(20-11)10-4-3-5-19-10/h3-5,8-9,14H,6-7H2,1-2H3,(H,17,18). The summed E-state index contributed by atoms with van der Waals surface area (Å²) >= 11 is 0. The highest BCUT2D eigenvalue weighted by Crippen LogP contribution is 2.17. The Morgan fingerprint density at radius 2 is 2.25 bits per heavy atom. The fourth-order valence-electron chi connectivity index (χ4n) is 1.78. The predicted octanol–water partition coefficient (Wildman–Crippen LogP) is 1.92. The molecule has 2 aromatic heterocycles. The van der Waals surface area contributed by atoms with Crippen LogP contribution in [0.4, 0.5) is 0 Å². The number of hydrogen-bond donors (Lipinski definition) is 2. The summed E-state index contributed by atoms with van der Waals surface area (Å²) in [6, 6.07) is 2.80. The Balaban J connectivity index is 1.95. The average molecular weight is 279 g/mol. The van der Waals surface area contributed by atoms with Gasteiger partial charge in [-0.1, -0.05) is 13.8 Å². The van der Waals surface area contributed by atoms with E-state index in [1.54, 1.807) is 12.1 Å². The van der Waals surface area contributed by atoms with Crippen LogP contribution in [0.2, 0.25) is 0 Å². The van der Waals surface area contributed by atoms with Crippen LogP contribution in [0.5, 0.6) is 0 Å². The zero-order valence-electron chi connectivity index (χ0n) is 11.4. The molecule has 2 heterocycles. The van der Waals surface area contributed by atoms with Crippen LogP contribution in [0.25, 0.3) is 11.7 Å². The van der Waals surface area contributed by atoms with Gasteiger partial charge in [-0.05, 0) is 24.5 Å². The lowest BCUT2D eigenvalue weighted by atomic mass is 10.0. The molecule has 7 heteroatoms. The third-order valence-corrected chi connectivity index (χ3v) is 2.70. The van der Waals surface area contributed by atoms with Gasteiger partial charge in [0, 0.05) is 0 Å². The van der Waals surface area contributed by atoms with Crippen LogP contribution < -0.4 is 5.32 Å². The molecule has 0 amide bonds. The molecule has 2 rings (SSSR count). The number of nitrogens with one attached hydrogen (secondary N) is 1. The summed E-state index contributed by atoms with van der Waals surface area (Å²) < 4.78 is 10.5. The Bertz CT molecular complexity index is 548. The van der Waals surface area contributed by atoms with E-state index in [0.29, 0.717) is 18.1 Å². The van der Waals surface area contributed by atoms with Crippen molar-refractivity contribution in [2.75, 3.05) is 0 Å². The number of hydrogen-bond acceptors (Lipinski definition) is 6. The lowest BCUT2D eigenvalue weighted by molar-refractivity contribution is -0.140. The number of furan rings is 1. The molecular weight excluding hydrogens is 262 g/mol. The lowest BCUT2D eigenvalue weighted by Crippen LogP contribution is -2.37. The summed E-state index contributed by atoms with van der Waals surface area (Å²) in [7, 11) is 0. The Hall–Kier alpha value is -2.15. The van der Waals surface area contributed by atoms with Crippen molar-refractivity contribution in [3.63, 3.8) is 0 Å². The van der Waals surface area contributed by atoms with E-state index in [0.717, 1.165) is 0 Å². The molecular formula is C13H17N3O4. The molecule has 1 atom stereocenters. The van der Waals surface area contributed by atoms with Crippen LogP contribution in [0.15, 0.2) is 27.2 Å². The maximum atomic E-state index is 11.1. The first-order valence-electron chi connectivity index (χ1n) is 6.38. The summed E-state index contributed by atoms with van der Waals surface area (Å²) in [6.07, 6.45) is 2.05. The average Bonchev–Trinajstić information content (AvgIpc) is 3.03. The van der Waals surface area contributed by atoms with Gasteiger partial charge in [0.15, 0.2) is 5.76 Å². The van der Waals surface area contributed by atoms with Crippen LogP contribution in [-0.4, -0.2) is 27.3 Å². The number of aliphatic carboxylic acids is 1. The molecule has 0 aliphatic heterocycles. The van der Waals surface area contributed by atoms with Crippen molar-refractivity contribution >= 4 is 5.97 Å². The maximum Gasteiger partial charge on any atom is 0.320 e. The SMILES string of the molecule is CC(C)CC(NCc1nnc(-c2ccco2)o1)C(=O)O. The fourth-order valence-corrected chi connectivity index (χ4v) is 1.78. The Labute approximate surface area is 116 Å². The molecule has 0 fully saturated rings. The van der Waals surface area contributed by atoms with Gasteiger partial charge < -0.3 is 13.9 Å². The normalized spacial score (nSPS) is 12.8. The van der Waals surface area contributed by atoms with E-state index < -0.39 is 12.0 Å². The molecule has 0 radical (unpaired) electrons. The molecule has 20 heavy (non-hydrogen) atoms. The molecule has 2 aromatic rings. The first-order valence-corrected chi connectivity index (χ1v) is 6.38. The van der Waals surface area contributed by atoms with Gasteiger partial charge in [-0.15, -0.1) is 10.2 Å². The van der Waals surface area contributed by atoms with Gasteiger partial charge in [-0.2, -0.15) is 0 Å². The number of aromatic nitrogens is 2. The third kappa shape index (κ3) is 3.67. The minimum atomic E-state index is -0.885. The molecule has 0 bridgehead atoms. The van der Waals surface area contributed by atoms with Crippen molar-refractivity contribution < 1.29 is 18.7 Å². The zero-order valence-corrected chi connectivity index (χ0v) is 11.4. The summed E-state index contributed by atoms with van der Waals surface area (Å²) in [5.41, 5.74) is 0. The second kappa shape index (κ2) is 6.33. The van der Waals surface area contributed by atoms with E-state index in [1.165, 1.54) is 6.26 Å². The van der Waals surface area contributed by atoms with E-state index in [9.17, 15) is 4.79 Å². The van der Waals surface area contributed by atoms with Gasteiger partial charge in [0.2, 0.25) is 5.89 Å². The van der Waals surface area contributed by atoms with Gasteiger partial charge in [-0.3, -0.25) is 10.1 Å². The topological polar surface area (TPSA) is 101 Å². The largest absolute Gasteiger partial charge is 0.480 e. The van der Waals surface area contributed by atoms with E-state index in [-0.39, 0.29) is 18.4 Å². The van der Waals surface area contributed by atoms with Gasteiger partial charge in [0.1, 0.15) is 6.04 Å². The van der Waals surface area contributed by atoms with Gasteiger partial charge in [0.05, 0.1) is 12.8 Å². The summed E-state index contributed by atoms with van der Waals surface area (Å²) in [5.74, 6) is 0.490. The minimum Gasteiger partial charge on any atom is -0.480 e. The van der Waals surface area contributed by atoms with Crippen LogP contribution in [0, 0.1) is 5.92 Å². The van der Waals surface area contributed by atoms with Crippen molar-refractivity contribution in [1.82, 2.24) is 15.5 Å². The van der Waals surface area contributed by atoms with Gasteiger partial charge >= 0.3 is 5.97 Å². The molecule has 0 saturated carbocycles. The molecule has 0 aliphatic rings. The Morgan fingerprint density at radius 1 is 1.45 bits per heavy atom. The molecule has 0 spiro atoms. The quantitative estimate of drug-likeness (QED) is 0.798. The first-order chi connectivity index (χ1) is 9.56. The number of carboxylic acid groups (broad SMARTS) is 1. The van der Waals surface area contributed by atoms with E-state index >= 15 is 0 Å². The minimum absolute atomic E-state index is 0.206.